The van der Waals surface area contributed by atoms with Gasteiger partial charge in [-0.1, -0.05) is 0 Å². The van der Waals surface area contributed by atoms with Crippen molar-refractivity contribution in [2.75, 3.05) is 0 Å². The van der Waals surface area contributed by atoms with E-state index in [0.717, 1.165) is 0 Å². The van der Waals surface area contributed by atoms with Crippen molar-refractivity contribution in [2.24, 2.45) is 16.7 Å². The minimum Gasteiger partial charge on any atom is -0.147 e. The molecule has 0 bridgehead atoms. The predicted molar refractivity (Wildman–Crippen MR) is 120 cm³/mol. The molecule has 0 heterocycles. The van der Waals surface area contributed by atoms with Crippen molar-refractivity contribution in [1.29, 1.82) is 0 Å². The van der Waals surface area contributed by atoms with E-state index in [-0.39, 0.29) is 30.2 Å². The third-order valence-corrected chi connectivity index (χ3v) is 10.6. The zero-order valence-corrected chi connectivity index (χ0v) is 21.5. The Bertz CT molecular complexity index is 697. The molecule has 0 aromatic heterocycles. The quantitative estimate of drug-likeness (QED) is 0.390. The molecule has 0 saturated carbocycles. The first-order valence-electron chi connectivity index (χ1n) is 9.35. The fraction of sp³-hybridized carbons (Fsp3) is 0.609. The van der Waals surface area contributed by atoms with Gasteiger partial charge in [0.1, 0.15) is 0 Å². The van der Waals surface area contributed by atoms with Gasteiger partial charge in [-0.25, -0.2) is 0 Å². The van der Waals surface area contributed by atoms with E-state index in [4.69, 9.17) is 0 Å². The van der Waals surface area contributed by atoms with Crippen molar-refractivity contribution in [3.63, 3.8) is 0 Å². The first-order valence-corrected chi connectivity index (χ1v) is 11.7. The summed E-state index contributed by atoms with van der Waals surface area (Å²) in [5.41, 5.74) is 5.27. The van der Waals surface area contributed by atoms with Crippen LogP contribution < -0.4 is 0 Å². The van der Waals surface area contributed by atoms with Crippen molar-refractivity contribution < 1.29 is 17.4 Å². The molecule has 0 radical (unpaired) electrons. The van der Waals surface area contributed by atoms with Crippen LogP contribution >= 0.6 is 24.8 Å². The molecule has 2 aliphatic carbocycles. The van der Waals surface area contributed by atoms with E-state index >= 15 is 0 Å². The molecule has 0 fully saturated rings. The molecule has 0 aromatic carbocycles. The molecule has 0 aliphatic heterocycles. The summed E-state index contributed by atoms with van der Waals surface area (Å²) in [7, 11) is 0. The van der Waals surface area contributed by atoms with Gasteiger partial charge < -0.3 is 0 Å². The van der Waals surface area contributed by atoms with E-state index in [2.05, 4.69) is 87.5 Å². The van der Waals surface area contributed by atoms with Crippen LogP contribution in [0.4, 0.5) is 0 Å². The van der Waals surface area contributed by atoms with Crippen LogP contribution in [-0.4, -0.2) is 3.81 Å². The average molecular weight is 433 g/mol. The molecule has 2 aliphatic rings. The Morgan fingerprint density at radius 3 is 1.85 bits per heavy atom. The Hall–Kier alpha value is 0.124. The number of rotatable bonds is 2. The van der Waals surface area contributed by atoms with Crippen LogP contribution in [0.15, 0.2) is 42.7 Å². The maximum atomic E-state index is 2.57. The summed E-state index contributed by atoms with van der Waals surface area (Å²) in [6.07, 6.45) is 8.80. The van der Waals surface area contributed by atoms with Crippen LogP contribution in [0.3, 0.4) is 0 Å². The second-order valence-corrected chi connectivity index (χ2v) is 14.5. The number of allylic oxidation sites excluding steroid dienone is 8. The van der Waals surface area contributed by atoms with Gasteiger partial charge in [0.05, 0.1) is 0 Å². The summed E-state index contributed by atoms with van der Waals surface area (Å²) in [6, 6.07) is 0. The van der Waals surface area contributed by atoms with E-state index < -0.39 is 17.4 Å². The minimum absolute atomic E-state index is 0. The first kappa shape index (κ1) is 26.1. The van der Waals surface area contributed by atoms with Crippen LogP contribution in [0.25, 0.3) is 0 Å². The zero-order valence-electron chi connectivity index (χ0n) is 18.3. The number of halogens is 2. The Kier molecular flexibility index (Phi) is 9.13. The normalized spacial score (nSPS) is 20.1. The van der Waals surface area contributed by atoms with Crippen LogP contribution in [0.2, 0.25) is 0 Å². The smallest absolute Gasteiger partial charge is 0.147 e. The molecule has 0 spiro atoms. The molecule has 26 heavy (non-hydrogen) atoms. The summed E-state index contributed by atoms with van der Waals surface area (Å²) in [5.74, 6) is 0.614. The van der Waals surface area contributed by atoms with Gasteiger partial charge in [-0.05, 0) is 0 Å². The molecule has 0 nitrogen and oxygen atoms in total. The molecular weight excluding hydrogens is 395 g/mol. The van der Waals surface area contributed by atoms with E-state index in [0.29, 0.717) is 11.3 Å². The third kappa shape index (κ3) is 5.57. The van der Waals surface area contributed by atoms with Crippen LogP contribution in [0.1, 0.15) is 75.7 Å². The molecule has 2 rings (SSSR count). The molecule has 1 unspecified atom stereocenters. The standard InChI is InChI=1S/2C10H15.C3H6.2ClH.Ti/c2*1-8-5-6-9(7-8)10(2,3)4;1-3-2;;;/h7H,6H2,1-4H3;6-8H,1-4H3;1-2H3;2*1H;. The monoisotopic (exact) mass is 432 g/mol. The van der Waals surface area contributed by atoms with Crippen LogP contribution in [0, 0.1) is 16.7 Å². The Labute approximate surface area is 180 Å². The average Bonchev–Trinajstić information content (AvgIpc) is 2.94. The van der Waals surface area contributed by atoms with E-state index in [1.54, 1.807) is 22.7 Å². The maximum Gasteiger partial charge on any atom is -0.147 e. The fourth-order valence-electron chi connectivity index (χ4n) is 3.73. The molecule has 0 N–H and O–H groups in total. The summed E-state index contributed by atoms with van der Waals surface area (Å²) in [4.78, 5) is 0. The molecule has 0 amide bonds. The zero-order chi connectivity index (χ0) is 18.4. The summed E-state index contributed by atoms with van der Waals surface area (Å²) in [5, 5.41) is 0. The van der Waals surface area contributed by atoms with Crippen molar-refractivity contribution in [3.8, 4) is 0 Å². The Morgan fingerprint density at radius 2 is 1.50 bits per heavy atom. The van der Waals surface area contributed by atoms with Crippen LogP contribution in [-0.2, 0) is 17.4 Å². The first-order chi connectivity index (χ1) is 10.8. The van der Waals surface area contributed by atoms with E-state index in [1.165, 1.54) is 12.0 Å². The molecule has 0 aromatic rings. The van der Waals surface area contributed by atoms with E-state index in [9.17, 15) is 0 Å². The molecule has 3 heteroatoms. The Morgan fingerprint density at radius 1 is 0.962 bits per heavy atom. The topological polar surface area (TPSA) is 0 Å². The van der Waals surface area contributed by atoms with Gasteiger partial charge in [0.15, 0.2) is 0 Å². The molecule has 148 valence electrons. The summed E-state index contributed by atoms with van der Waals surface area (Å²) >= 11 is -1.53. The van der Waals surface area contributed by atoms with Gasteiger partial charge >= 0.3 is 156 Å². The van der Waals surface area contributed by atoms with Crippen LogP contribution in [0.5, 0.6) is 0 Å². The third-order valence-electron chi connectivity index (χ3n) is 5.38. The van der Waals surface area contributed by atoms with Crippen molar-refractivity contribution >= 4 is 28.6 Å². The second-order valence-electron chi connectivity index (χ2n) is 9.89. The molecule has 1 atom stereocenters. The molecule has 0 saturated heterocycles. The van der Waals surface area contributed by atoms with Crippen molar-refractivity contribution in [1.82, 2.24) is 0 Å². The molecular formula is C23H38Cl2Ti. The van der Waals surface area contributed by atoms with Gasteiger partial charge in [-0.2, -0.15) is 0 Å². The van der Waals surface area contributed by atoms with Gasteiger partial charge in [0, 0.05) is 0 Å². The van der Waals surface area contributed by atoms with Crippen molar-refractivity contribution in [3.05, 3.63) is 42.7 Å². The van der Waals surface area contributed by atoms with Gasteiger partial charge in [0.2, 0.25) is 0 Å². The maximum absolute atomic E-state index is 2.57. The number of hydrogen-bond acceptors (Lipinski definition) is 0. The SMILES string of the molecule is CC1=[C]([Ti]([C]2=CC(C(C)(C)C)=CC2C)=[C](C)C)CC(C(C)(C)C)=C1.Cl.Cl. The fourth-order valence-corrected chi connectivity index (χ4v) is 8.73. The largest absolute Gasteiger partial charge is 0.147 e. The Balaban J connectivity index is 0.00000312. The van der Waals surface area contributed by atoms with E-state index in [1.807, 2.05) is 0 Å². The van der Waals surface area contributed by atoms with Gasteiger partial charge in [-0.3, -0.25) is 0 Å². The second kappa shape index (κ2) is 9.08. The summed E-state index contributed by atoms with van der Waals surface area (Å²) < 4.78 is 5.24. The number of hydrogen-bond donors (Lipinski definition) is 0. The van der Waals surface area contributed by atoms with Gasteiger partial charge in [-0.15, -0.1) is 24.8 Å². The van der Waals surface area contributed by atoms with Crippen molar-refractivity contribution in [2.45, 2.75) is 75.7 Å². The minimum atomic E-state index is -1.53. The predicted octanol–water partition coefficient (Wildman–Crippen LogP) is 7.82. The van der Waals surface area contributed by atoms with Gasteiger partial charge in [0.25, 0.3) is 0 Å². The summed E-state index contributed by atoms with van der Waals surface area (Å²) in [6.45, 7) is 23.6.